The summed E-state index contributed by atoms with van der Waals surface area (Å²) in [6, 6.07) is 5.95. The maximum Gasteiger partial charge on any atom is 0.265 e. The van der Waals surface area contributed by atoms with Crippen LogP contribution in [0.25, 0.3) is 0 Å². The fourth-order valence-electron chi connectivity index (χ4n) is 6.12. The number of ether oxygens (including phenoxy) is 2. The highest BCUT2D eigenvalue weighted by atomic mass is 32.2. The Morgan fingerprint density at radius 1 is 1.30 bits per heavy atom. The van der Waals surface area contributed by atoms with Crippen molar-refractivity contribution in [3.05, 3.63) is 36.0 Å². The first kappa shape index (κ1) is 27.4. The molecule has 2 bridgehead atoms. The third-order valence-corrected chi connectivity index (χ3v) is 9.29. The second kappa shape index (κ2) is 9.90. The summed E-state index contributed by atoms with van der Waals surface area (Å²) < 4.78 is 41.9. The highest BCUT2D eigenvalue weighted by molar-refractivity contribution is 7.85. The maximum absolute atomic E-state index is 11.9. The van der Waals surface area contributed by atoms with Crippen LogP contribution in [0.2, 0.25) is 0 Å². The van der Waals surface area contributed by atoms with Gasteiger partial charge in [-0.25, -0.2) is 4.99 Å². The summed E-state index contributed by atoms with van der Waals surface area (Å²) in [7, 11) is -2.45. The Morgan fingerprint density at radius 2 is 2.00 bits per heavy atom. The monoisotopic (exact) mass is 535 g/mol. The topological polar surface area (TPSA) is 170 Å². The first-order valence-electron chi connectivity index (χ1n) is 12.4. The zero-order valence-corrected chi connectivity index (χ0v) is 22.4. The Kier molecular flexibility index (Phi) is 7.32. The Hall–Kier alpha value is -2.67. The SMILES string of the molecule is CC1(C)C2CCC1(CS(=O)(=O)O)C(=O)C2.COc1cc(N2CCOCC2)ccc1C1(N)C=CNC(N)=N1. The van der Waals surface area contributed by atoms with Crippen molar-refractivity contribution in [1.29, 1.82) is 0 Å². The number of nitrogens with one attached hydrogen (secondary N) is 1. The summed E-state index contributed by atoms with van der Waals surface area (Å²) >= 11 is 0. The number of nitrogens with zero attached hydrogens (tertiary/aromatic N) is 2. The Labute approximate surface area is 218 Å². The number of morpholine rings is 1. The molecule has 1 saturated heterocycles. The van der Waals surface area contributed by atoms with Crippen LogP contribution >= 0.6 is 0 Å². The average molecular weight is 536 g/mol. The quantitative estimate of drug-likeness (QED) is 0.404. The number of carbonyl (C=O) groups is 1. The van der Waals surface area contributed by atoms with Gasteiger partial charge in [-0.3, -0.25) is 15.1 Å². The molecular formula is C25H37N5O6S. The average Bonchev–Trinajstić information content (AvgIpc) is 3.18. The molecule has 3 unspecified atom stereocenters. The summed E-state index contributed by atoms with van der Waals surface area (Å²) in [4.78, 5) is 18.4. The van der Waals surface area contributed by atoms with Crippen LogP contribution in [0, 0.1) is 16.7 Å². The summed E-state index contributed by atoms with van der Waals surface area (Å²) in [5, 5.41) is 2.81. The van der Waals surface area contributed by atoms with Crippen molar-refractivity contribution >= 4 is 27.5 Å². The molecule has 11 nitrogen and oxygen atoms in total. The van der Waals surface area contributed by atoms with Gasteiger partial charge in [0.1, 0.15) is 11.5 Å². The molecule has 6 N–H and O–H groups in total. The second-order valence-corrected chi connectivity index (χ2v) is 12.1. The number of hydrogen-bond acceptors (Lipinski definition) is 10. The number of Topliss-reactive ketones (excluding diaryl/α,β-unsaturated/α-hetero) is 1. The lowest BCUT2D eigenvalue weighted by Gasteiger charge is -2.35. The smallest absolute Gasteiger partial charge is 0.265 e. The molecule has 2 saturated carbocycles. The van der Waals surface area contributed by atoms with E-state index in [-0.39, 0.29) is 23.1 Å². The molecule has 3 fully saturated rings. The van der Waals surface area contributed by atoms with Gasteiger partial charge in [-0.05, 0) is 42.4 Å². The van der Waals surface area contributed by atoms with E-state index in [1.54, 1.807) is 19.4 Å². The van der Waals surface area contributed by atoms with E-state index in [4.69, 9.17) is 25.5 Å². The van der Waals surface area contributed by atoms with E-state index in [2.05, 4.69) is 15.2 Å². The largest absolute Gasteiger partial charge is 0.496 e. The summed E-state index contributed by atoms with van der Waals surface area (Å²) in [5.74, 6) is 0.870. The minimum absolute atomic E-state index is 0.0152. The van der Waals surface area contributed by atoms with Crippen molar-refractivity contribution < 1.29 is 27.2 Å². The van der Waals surface area contributed by atoms with E-state index in [0.29, 0.717) is 18.6 Å². The summed E-state index contributed by atoms with van der Waals surface area (Å²) in [5.41, 5.74) is 11.8. The van der Waals surface area contributed by atoms with Gasteiger partial charge in [0, 0.05) is 43.0 Å². The lowest BCUT2D eigenvalue weighted by Crippen LogP contribution is -2.42. The molecule has 0 radical (unpaired) electrons. The number of fused-ring (bicyclic) bond motifs is 2. The van der Waals surface area contributed by atoms with Gasteiger partial charge in [0.05, 0.1) is 31.5 Å². The molecule has 2 aliphatic carbocycles. The lowest BCUT2D eigenvalue weighted by atomic mass is 9.70. The molecule has 1 aromatic rings. The van der Waals surface area contributed by atoms with Gasteiger partial charge in [0.2, 0.25) is 0 Å². The molecule has 2 aliphatic heterocycles. The molecule has 2 heterocycles. The molecule has 12 heteroatoms. The van der Waals surface area contributed by atoms with Crippen LogP contribution in [0.3, 0.4) is 0 Å². The van der Waals surface area contributed by atoms with E-state index < -0.39 is 26.9 Å². The highest BCUT2D eigenvalue weighted by Gasteiger charge is 2.65. The lowest BCUT2D eigenvalue weighted by molar-refractivity contribution is -0.128. The van der Waals surface area contributed by atoms with Gasteiger partial charge in [0.15, 0.2) is 11.6 Å². The number of rotatable bonds is 5. The molecule has 1 aromatic carbocycles. The molecule has 5 rings (SSSR count). The molecule has 0 aromatic heterocycles. The fraction of sp³-hybridized carbons (Fsp3) is 0.600. The molecule has 4 aliphatic rings. The van der Waals surface area contributed by atoms with E-state index in [1.165, 1.54) is 0 Å². The van der Waals surface area contributed by atoms with Crippen molar-refractivity contribution in [2.75, 3.05) is 44.1 Å². The predicted molar refractivity (Wildman–Crippen MR) is 141 cm³/mol. The van der Waals surface area contributed by atoms with Gasteiger partial charge in [-0.15, -0.1) is 0 Å². The number of ketones is 1. The number of carbonyl (C=O) groups excluding carboxylic acids is 1. The zero-order valence-electron chi connectivity index (χ0n) is 21.6. The Balaban J connectivity index is 0.000000186. The van der Waals surface area contributed by atoms with Crippen LogP contribution < -0.4 is 26.4 Å². The molecule has 0 amide bonds. The minimum Gasteiger partial charge on any atom is -0.496 e. The van der Waals surface area contributed by atoms with Crippen molar-refractivity contribution in [2.45, 2.75) is 38.8 Å². The van der Waals surface area contributed by atoms with Crippen LogP contribution in [0.1, 0.15) is 38.7 Å². The number of nitrogens with two attached hydrogens (primary N) is 2. The molecule has 0 spiro atoms. The number of aliphatic imine (C=N–C) groups is 1. The maximum atomic E-state index is 11.9. The van der Waals surface area contributed by atoms with Crippen LogP contribution in [0.5, 0.6) is 5.75 Å². The van der Waals surface area contributed by atoms with Crippen molar-refractivity contribution in [2.24, 2.45) is 33.2 Å². The second-order valence-electron chi connectivity index (χ2n) is 10.7. The summed E-state index contributed by atoms with van der Waals surface area (Å²) in [6.45, 7) is 7.10. The van der Waals surface area contributed by atoms with Gasteiger partial charge in [-0.2, -0.15) is 8.42 Å². The highest BCUT2D eigenvalue weighted by Crippen LogP contribution is 2.64. The van der Waals surface area contributed by atoms with Crippen LogP contribution in [0.15, 0.2) is 35.5 Å². The van der Waals surface area contributed by atoms with Gasteiger partial charge >= 0.3 is 0 Å². The van der Waals surface area contributed by atoms with Crippen LogP contribution in [0.4, 0.5) is 5.69 Å². The summed E-state index contributed by atoms with van der Waals surface area (Å²) in [6.07, 6.45) is 5.42. The molecule has 204 valence electrons. The molecule has 3 atom stereocenters. The molecular weight excluding hydrogens is 498 g/mol. The van der Waals surface area contributed by atoms with E-state index in [0.717, 1.165) is 44.0 Å². The van der Waals surface area contributed by atoms with Gasteiger partial charge in [0.25, 0.3) is 10.1 Å². The number of guanidine groups is 1. The Bertz CT molecular complexity index is 1210. The standard InChI is InChI=1S/C15H21N5O2.C10H16O4S/c1-21-13-10-11(20-6-8-22-9-7-20)2-3-12(13)15(17)4-5-18-14(16)19-15;1-9(2)7-3-4-10(9,8(11)5-7)6-15(12,13)14/h2-5,10H,6-9,17H2,1H3,(H3,16,18,19);7H,3-6H2,1-2H3,(H,12,13,14). The van der Waals surface area contributed by atoms with Crippen molar-refractivity contribution in [3.8, 4) is 5.75 Å². The number of hydrogen-bond donors (Lipinski definition) is 4. The normalized spacial score (nSPS) is 30.3. The van der Waals surface area contributed by atoms with E-state index in [9.17, 15) is 13.2 Å². The number of benzene rings is 1. The third kappa shape index (κ3) is 5.20. The zero-order chi connectivity index (χ0) is 27.1. The van der Waals surface area contributed by atoms with E-state index >= 15 is 0 Å². The van der Waals surface area contributed by atoms with Crippen molar-refractivity contribution in [1.82, 2.24) is 5.32 Å². The predicted octanol–water partition coefficient (Wildman–Crippen LogP) is 1.34. The number of anilines is 1. The Morgan fingerprint density at radius 3 is 2.54 bits per heavy atom. The van der Waals surface area contributed by atoms with Crippen LogP contribution in [-0.4, -0.2) is 63.9 Å². The third-order valence-electron chi connectivity index (χ3n) is 8.43. The first-order valence-corrected chi connectivity index (χ1v) is 14.0. The van der Waals surface area contributed by atoms with Gasteiger partial charge < -0.3 is 25.4 Å². The van der Waals surface area contributed by atoms with Crippen molar-refractivity contribution in [3.63, 3.8) is 0 Å². The van der Waals surface area contributed by atoms with Gasteiger partial charge in [-0.1, -0.05) is 13.8 Å². The fourth-order valence-corrected chi connectivity index (χ4v) is 7.42. The molecule has 37 heavy (non-hydrogen) atoms. The minimum atomic E-state index is -4.08. The first-order chi connectivity index (χ1) is 17.3. The van der Waals surface area contributed by atoms with Crippen LogP contribution in [-0.2, 0) is 25.3 Å². The van der Waals surface area contributed by atoms with E-state index in [1.807, 2.05) is 32.0 Å². The number of methoxy groups -OCH3 is 1.